The summed E-state index contributed by atoms with van der Waals surface area (Å²) in [7, 11) is 3.67. The zero-order chi connectivity index (χ0) is 14.5. The molecule has 0 aliphatic heterocycles. The largest absolute Gasteiger partial charge is 0.387 e. The molecule has 20 heavy (non-hydrogen) atoms. The first-order chi connectivity index (χ1) is 9.59. The summed E-state index contributed by atoms with van der Waals surface area (Å²) in [6, 6.07) is 5.28. The van der Waals surface area contributed by atoms with E-state index in [0.29, 0.717) is 11.4 Å². The number of carbonyl (C=O) groups excluding carboxylic acids is 1. The van der Waals surface area contributed by atoms with Gasteiger partial charge in [-0.05, 0) is 34.5 Å². The van der Waals surface area contributed by atoms with Crippen LogP contribution in [0, 0.1) is 0 Å². The molecular weight excluding hydrogens is 274 g/mol. The van der Waals surface area contributed by atoms with Gasteiger partial charge in [-0.2, -0.15) is 11.3 Å². The quantitative estimate of drug-likeness (QED) is 0.879. The van der Waals surface area contributed by atoms with Gasteiger partial charge in [0.05, 0.1) is 11.7 Å². The van der Waals surface area contributed by atoms with E-state index in [1.54, 1.807) is 23.2 Å². The number of hydrogen-bond acceptors (Lipinski definition) is 5. The fourth-order valence-corrected chi connectivity index (χ4v) is 2.50. The van der Waals surface area contributed by atoms with Crippen LogP contribution < -0.4 is 10.2 Å². The second-order valence-corrected chi connectivity index (χ2v) is 5.33. The van der Waals surface area contributed by atoms with Crippen molar-refractivity contribution in [2.75, 3.05) is 25.5 Å². The number of anilines is 1. The van der Waals surface area contributed by atoms with Gasteiger partial charge in [0, 0.05) is 26.8 Å². The van der Waals surface area contributed by atoms with E-state index in [2.05, 4.69) is 10.3 Å². The van der Waals surface area contributed by atoms with Crippen LogP contribution in [0.2, 0.25) is 0 Å². The first-order valence-electron chi connectivity index (χ1n) is 6.20. The Morgan fingerprint density at radius 2 is 2.30 bits per heavy atom. The summed E-state index contributed by atoms with van der Waals surface area (Å²) in [4.78, 5) is 18.1. The Morgan fingerprint density at radius 3 is 2.95 bits per heavy atom. The molecule has 0 aliphatic rings. The molecule has 5 nitrogen and oxygen atoms in total. The van der Waals surface area contributed by atoms with E-state index in [9.17, 15) is 9.90 Å². The van der Waals surface area contributed by atoms with Crippen LogP contribution in [0.5, 0.6) is 0 Å². The van der Waals surface area contributed by atoms with Crippen molar-refractivity contribution in [2.24, 2.45) is 0 Å². The average Bonchev–Trinajstić information content (AvgIpc) is 2.98. The number of carbonyl (C=O) groups is 1. The molecule has 2 aromatic heterocycles. The van der Waals surface area contributed by atoms with E-state index in [4.69, 9.17) is 0 Å². The molecule has 106 valence electrons. The van der Waals surface area contributed by atoms with Crippen LogP contribution in [0.4, 0.5) is 5.82 Å². The highest BCUT2D eigenvalue weighted by Crippen LogP contribution is 2.17. The third kappa shape index (κ3) is 3.34. The lowest BCUT2D eigenvalue weighted by Crippen LogP contribution is -2.30. The molecule has 0 spiro atoms. The van der Waals surface area contributed by atoms with Crippen LogP contribution in [-0.4, -0.2) is 36.6 Å². The number of hydrogen-bond donors (Lipinski definition) is 2. The highest BCUT2D eigenvalue weighted by atomic mass is 32.1. The van der Waals surface area contributed by atoms with Gasteiger partial charge >= 0.3 is 0 Å². The van der Waals surface area contributed by atoms with Crippen LogP contribution in [0.25, 0.3) is 0 Å². The van der Waals surface area contributed by atoms with Gasteiger partial charge in [0.2, 0.25) is 0 Å². The van der Waals surface area contributed by atoms with E-state index in [-0.39, 0.29) is 12.5 Å². The van der Waals surface area contributed by atoms with Crippen LogP contribution in [0.1, 0.15) is 22.0 Å². The van der Waals surface area contributed by atoms with Crippen molar-refractivity contribution in [3.05, 3.63) is 46.3 Å². The number of thiophene rings is 1. The Hall–Kier alpha value is -1.92. The molecule has 2 aromatic rings. The summed E-state index contributed by atoms with van der Waals surface area (Å²) in [5.41, 5.74) is 1.31. The topological polar surface area (TPSA) is 65.5 Å². The van der Waals surface area contributed by atoms with E-state index in [0.717, 1.165) is 5.56 Å². The molecule has 0 aromatic carbocycles. The van der Waals surface area contributed by atoms with Gasteiger partial charge in [-0.15, -0.1) is 0 Å². The number of rotatable bonds is 5. The van der Waals surface area contributed by atoms with Gasteiger partial charge in [-0.25, -0.2) is 4.98 Å². The monoisotopic (exact) mass is 291 g/mol. The summed E-state index contributed by atoms with van der Waals surface area (Å²) in [6.45, 7) is 0.178. The van der Waals surface area contributed by atoms with Crippen LogP contribution in [-0.2, 0) is 0 Å². The summed E-state index contributed by atoms with van der Waals surface area (Å²) in [5, 5.41) is 16.4. The van der Waals surface area contributed by atoms with Gasteiger partial charge in [-0.3, -0.25) is 4.79 Å². The maximum Gasteiger partial charge on any atom is 0.255 e. The maximum atomic E-state index is 12.2. The SMILES string of the molecule is CN(C)c1ncccc1C(=O)NCC(O)c1ccsc1. The zero-order valence-electron chi connectivity index (χ0n) is 11.4. The summed E-state index contributed by atoms with van der Waals surface area (Å²) >= 11 is 1.52. The van der Waals surface area contributed by atoms with Gasteiger partial charge in [0.15, 0.2) is 0 Å². The number of nitrogens with zero attached hydrogens (tertiary/aromatic N) is 2. The molecule has 2 N–H and O–H groups in total. The predicted octanol–water partition coefficient (Wildman–Crippen LogP) is 1.67. The molecule has 2 heterocycles. The molecular formula is C14H17N3O2S. The predicted molar refractivity (Wildman–Crippen MR) is 80.2 cm³/mol. The second-order valence-electron chi connectivity index (χ2n) is 4.55. The molecule has 0 fully saturated rings. The lowest BCUT2D eigenvalue weighted by Gasteiger charge is -2.16. The van der Waals surface area contributed by atoms with Crippen LogP contribution in [0.15, 0.2) is 35.2 Å². The Bertz CT molecular complexity index is 570. The number of aliphatic hydroxyl groups excluding tert-OH is 1. The average molecular weight is 291 g/mol. The highest BCUT2D eigenvalue weighted by Gasteiger charge is 2.15. The lowest BCUT2D eigenvalue weighted by atomic mass is 10.2. The van der Waals surface area contributed by atoms with Crippen molar-refractivity contribution in [3.8, 4) is 0 Å². The van der Waals surface area contributed by atoms with Gasteiger partial charge < -0.3 is 15.3 Å². The van der Waals surface area contributed by atoms with Gasteiger partial charge in [-0.1, -0.05) is 0 Å². The third-order valence-corrected chi connectivity index (χ3v) is 3.54. The van der Waals surface area contributed by atoms with Crippen molar-refractivity contribution >= 4 is 23.1 Å². The molecule has 1 amide bonds. The minimum atomic E-state index is -0.690. The zero-order valence-corrected chi connectivity index (χ0v) is 12.2. The Morgan fingerprint density at radius 1 is 1.50 bits per heavy atom. The fraction of sp³-hybridized carbons (Fsp3) is 0.286. The van der Waals surface area contributed by atoms with E-state index < -0.39 is 6.10 Å². The smallest absolute Gasteiger partial charge is 0.255 e. The molecule has 0 bridgehead atoms. The van der Waals surface area contributed by atoms with Gasteiger partial charge in [0.25, 0.3) is 5.91 Å². The highest BCUT2D eigenvalue weighted by molar-refractivity contribution is 7.07. The lowest BCUT2D eigenvalue weighted by molar-refractivity contribution is 0.0917. The minimum absolute atomic E-state index is 0.178. The summed E-state index contributed by atoms with van der Waals surface area (Å²) in [5.74, 6) is 0.367. The second kappa shape index (κ2) is 6.49. The Labute approximate surface area is 121 Å². The summed E-state index contributed by atoms with van der Waals surface area (Å²) < 4.78 is 0. The standard InChI is InChI=1S/C14H17N3O2S/c1-17(2)13-11(4-3-6-15-13)14(19)16-8-12(18)10-5-7-20-9-10/h3-7,9,12,18H,8H2,1-2H3,(H,16,19). The fourth-order valence-electron chi connectivity index (χ4n) is 1.80. The first-order valence-corrected chi connectivity index (χ1v) is 7.14. The number of aliphatic hydroxyl groups is 1. The number of pyridine rings is 1. The maximum absolute atomic E-state index is 12.2. The van der Waals surface area contributed by atoms with E-state index >= 15 is 0 Å². The Kier molecular flexibility index (Phi) is 4.70. The molecule has 2 rings (SSSR count). The molecule has 1 unspecified atom stereocenters. The molecule has 0 saturated carbocycles. The minimum Gasteiger partial charge on any atom is -0.387 e. The van der Waals surface area contributed by atoms with Crippen LogP contribution in [0.3, 0.4) is 0 Å². The van der Waals surface area contributed by atoms with Crippen molar-refractivity contribution < 1.29 is 9.90 Å². The van der Waals surface area contributed by atoms with E-state index in [1.807, 2.05) is 30.9 Å². The molecule has 0 radical (unpaired) electrons. The van der Waals surface area contributed by atoms with Crippen molar-refractivity contribution in [1.29, 1.82) is 0 Å². The number of aromatic nitrogens is 1. The number of amides is 1. The van der Waals surface area contributed by atoms with Gasteiger partial charge in [0.1, 0.15) is 5.82 Å². The van der Waals surface area contributed by atoms with Crippen molar-refractivity contribution in [1.82, 2.24) is 10.3 Å². The molecule has 0 aliphatic carbocycles. The normalized spacial score (nSPS) is 11.9. The third-order valence-electron chi connectivity index (χ3n) is 2.84. The number of nitrogens with one attached hydrogen (secondary N) is 1. The van der Waals surface area contributed by atoms with Crippen molar-refractivity contribution in [3.63, 3.8) is 0 Å². The van der Waals surface area contributed by atoms with E-state index in [1.165, 1.54) is 11.3 Å². The molecule has 6 heteroatoms. The van der Waals surface area contributed by atoms with Crippen molar-refractivity contribution in [2.45, 2.75) is 6.10 Å². The van der Waals surface area contributed by atoms with Crippen LogP contribution >= 0.6 is 11.3 Å². The molecule has 0 saturated heterocycles. The summed E-state index contributed by atoms with van der Waals surface area (Å²) in [6.07, 6.45) is 0.955. The Balaban J connectivity index is 2.02. The first kappa shape index (κ1) is 14.5. The molecule has 1 atom stereocenters.